The van der Waals surface area contributed by atoms with Crippen LogP contribution in [0.25, 0.3) is 11.3 Å². The van der Waals surface area contributed by atoms with Crippen LogP contribution in [0.1, 0.15) is 85.1 Å². The molecular formula is C31H38N2O. The summed E-state index contributed by atoms with van der Waals surface area (Å²) >= 11 is 0. The Bertz CT molecular complexity index is 1130. The molecular weight excluding hydrogens is 416 g/mol. The molecule has 0 radical (unpaired) electrons. The summed E-state index contributed by atoms with van der Waals surface area (Å²) in [7, 11) is 4.15. The van der Waals surface area contributed by atoms with Gasteiger partial charge >= 0.3 is 0 Å². The topological polar surface area (TPSA) is 25.4 Å². The first-order valence-electron chi connectivity index (χ1n) is 13.1. The molecule has 5 rings (SSSR count). The minimum atomic E-state index is 0.337. The van der Waals surface area contributed by atoms with Crippen molar-refractivity contribution in [2.45, 2.75) is 77.3 Å². The van der Waals surface area contributed by atoms with E-state index in [9.17, 15) is 0 Å². The Morgan fingerprint density at radius 1 is 0.912 bits per heavy atom. The molecule has 3 heteroatoms. The first-order chi connectivity index (χ1) is 16.7. The van der Waals surface area contributed by atoms with Gasteiger partial charge in [-0.05, 0) is 80.7 Å². The zero-order chi connectivity index (χ0) is 23.7. The lowest BCUT2D eigenvalue weighted by molar-refractivity contribution is 0.139. The Kier molecular flexibility index (Phi) is 6.74. The molecule has 0 saturated carbocycles. The van der Waals surface area contributed by atoms with Crippen LogP contribution in [0.4, 0.5) is 0 Å². The fourth-order valence-corrected chi connectivity index (χ4v) is 6.38. The molecule has 0 aliphatic heterocycles. The quantitative estimate of drug-likeness (QED) is 0.392. The van der Waals surface area contributed by atoms with Crippen molar-refractivity contribution in [1.82, 2.24) is 9.88 Å². The molecule has 1 aromatic heterocycles. The van der Waals surface area contributed by atoms with Crippen LogP contribution in [-0.2, 0) is 25.7 Å². The number of hydrogen-bond acceptors (Lipinski definition) is 3. The molecule has 0 amide bonds. The highest BCUT2D eigenvalue weighted by atomic mass is 16.5. The van der Waals surface area contributed by atoms with Crippen molar-refractivity contribution in [2.24, 2.45) is 0 Å². The van der Waals surface area contributed by atoms with Crippen molar-refractivity contribution < 1.29 is 4.74 Å². The molecule has 2 aliphatic rings. The smallest absolute Gasteiger partial charge is 0.127 e. The Labute approximate surface area is 205 Å². The molecule has 0 fully saturated rings. The molecule has 2 aromatic carbocycles. The predicted octanol–water partition coefficient (Wildman–Crippen LogP) is 7.27. The first-order valence-corrected chi connectivity index (χ1v) is 13.1. The fraction of sp³-hybridized carbons (Fsp3) is 0.452. The van der Waals surface area contributed by atoms with E-state index in [4.69, 9.17) is 9.72 Å². The van der Waals surface area contributed by atoms with Gasteiger partial charge in [0.25, 0.3) is 0 Å². The zero-order valence-electron chi connectivity index (χ0n) is 21.2. The fourth-order valence-electron chi connectivity index (χ4n) is 6.38. The van der Waals surface area contributed by atoms with Gasteiger partial charge in [0.1, 0.15) is 5.75 Å². The number of ether oxygens (including phenoxy) is 1. The Morgan fingerprint density at radius 2 is 1.62 bits per heavy atom. The van der Waals surface area contributed by atoms with Gasteiger partial charge in [0.2, 0.25) is 0 Å². The summed E-state index contributed by atoms with van der Waals surface area (Å²) in [6.07, 6.45) is 9.06. The Hall–Kier alpha value is -2.65. The molecule has 178 valence electrons. The van der Waals surface area contributed by atoms with E-state index in [1.54, 1.807) is 0 Å². The molecule has 2 aliphatic carbocycles. The molecule has 0 unspecified atom stereocenters. The van der Waals surface area contributed by atoms with Crippen molar-refractivity contribution >= 4 is 0 Å². The number of aryl methyl sites for hydroxylation is 4. The average molecular weight is 455 g/mol. The standard InChI is InChI=1S/C31H38N2O/c1-5-21-13-9-14-22(6-2)30(21)26-20-29(34-4)31-25(32-26)17-11-19-28(31)33(3)27-18-10-15-23-12-7-8-16-24(23)27/h7-9,12-14,16,20,27-28H,5-6,10-11,15,17-19H2,1-4H3/t27-,28+/m1/s1. The van der Waals surface area contributed by atoms with Crippen LogP contribution in [0.3, 0.4) is 0 Å². The van der Waals surface area contributed by atoms with E-state index in [2.05, 4.69) is 74.3 Å². The van der Waals surface area contributed by atoms with E-state index >= 15 is 0 Å². The SMILES string of the molecule is CCc1cccc(CC)c1-c1cc(OC)c2c(n1)CCC[C@@H]2N(C)[C@@H]1CCCc2ccccc21. The zero-order valence-corrected chi connectivity index (χ0v) is 21.2. The van der Waals surface area contributed by atoms with Crippen LogP contribution in [0, 0.1) is 0 Å². The second kappa shape index (κ2) is 9.92. The number of aromatic nitrogens is 1. The number of nitrogens with zero attached hydrogens (tertiary/aromatic N) is 2. The molecule has 3 aromatic rings. The average Bonchev–Trinajstić information content (AvgIpc) is 2.90. The van der Waals surface area contributed by atoms with Gasteiger partial charge < -0.3 is 4.74 Å². The summed E-state index contributed by atoms with van der Waals surface area (Å²) in [4.78, 5) is 7.95. The van der Waals surface area contributed by atoms with E-state index < -0.39 is 0 Å². The van der Waals surface area contributed by atoms with Gasteiger partial charge in [-0.1, -0.05) is 56.3 Å². The third-order valence-corrected chi connectivity index (χ3v) is 8.12. The highest BCUT2D eigenvalue weighted by Crippen LogP contribution is 2.46. The third kappa shape index (κ3) is 4.05. The molecule has 0 bridgehead atoms. The molecule has 34 heavy (non-hydrogen) atoms. The molecule has 3 nitrogen and oxygen atoms in total. The number of fused-ring (bicyclic) bond motifs is 2. The number of benzene rings is 2. The largest absolute Gasteiger partial charge is 0.496 e. The van der Waals surface area contributed by atoms with Gasteiger partial charge in [0.15, 0.2) is 0 Å². The van der Waals surface area contributed by atoms with Crippen molar-refractivity contribution in [3.05, 3.63) is 82.0 Å². The van der Waals surface area contributed by atoms with Crippen molar-refractivity contribution in [1.29, 1.82) is 0 Å². The number of methoxy groups -OCH3 is 1. The highest BCUT2D eigenvalue weighted by molar-refractivity contribution is 5.70. The summed E-state index contributed by atoms with van der Waals surface area (Å²) in [5.74, 6) is 1.01. The van der Waals surface area contributed by atoms with E-state index in [0.29, 0.717) is 12.1 Å². The Balaban J connectivity index is 1.58. The lowest BCUT2D eigenvalue weighted by Gasteiger charge is -2.41. The minimum Gasteiger partial charge on any atom is -0.496 e. The third-order valence-electron chi connectivity index (χ3n) is 8.12. The number of pyridine rings is 1. The molecule has 2 atom stereocenters. The first kappa shape index (κ1) is 23.1. The summed E-state index contributed by atoms with van der Waals surface area (Å²) in [6, 6.07) is 18.7. The summed E-state index contributed by atoms with van der Waals surface area (Å²) in [6.45, 7) is 4.47. The monoisotopic (exact) mass is 454 g/mol. The van der Waals surface area contributed by atoms with E-state index in [-0.39, 0.29) is 0 Å². The van der Waals surface area contributed by atoms with Gasteiger partial charge in [-0.25, -0.2) is 0 Å². The molecule has 0 saturated heterocycles. The molecule has 0 N–H and O–H groups in total. The number of rotatable bonds is 6. The summed E-state index contributed by atoms with van der Waals surface area (Å²) in [5, 5.41) is 0. The maximum absolute atomic E-state index is 6.09. The van der Waals surface area contributed by atoms with Gasteiger partial charge in [-0.2, -0.15) is 0 Å². The van der Waals surface area contributed by atoms with Crippen LogP contribution < -0.4 is 4.74 Å². The summed E-state index contributed by atoms with van der Waals surface area (Å²) < 4.78 is 6.09. The van der Waals surface area contributed by atoms with Crippen LogP contribution in [0.5, 0.6) is 5.75 Å². The van der Waals surface area contributed by atoms with E-state index in [0.717, 1.165) is 37.1 Å². The van der Waals surface area contributed by atoms with Crippen molar-refractivity contribution in [3.63, 3.8) is 0 Å². The normalized spacial score (nSPS) is 19.6. The van der Waals surface area contributed by atoms with Crippen molar-refractivity contribution in [2.75, 3.05) is 14.2 Å². The van der Waals surface area contributed by atoms with Gasteiger partial charge in [-0.15, -0.1) is 0 Å². The van der Waals surface area contributed by atoms with Gasteiger partial charge in [0, 0.05) is 35.0 Å². The van der Waals surface area contributed by atoms with Gasteiger partial charge in [0.05, 0.1) is 12.8 Å². The van der Waals surface area contributed by atoms with E-state index in [1.807, 2.05) is 7.11 Å². The Morgan fingerprint density at radius 3 is 2.35 bits per heavy atom. The van der Waals surface area contributed by atoms with Crippen molar-refractivity contribution in [3.8, 4) is 17.0 Å². The second-order valence-electron chi connectivity index (χ2n) is 9.91. The highest BCUT2D eigenvalue weighted by Gasteiger charge is 2.34. The summed E-state index contributed by atoms with van der Waals surface area (Å²) in [5.41, 5.74) is 10.7. The molecule has 0 spiro atoms. The predicted molar refractivity (Wildman–Crippen MR) is 141 cm³/mol. The van der Waals surface area contributed by atoms with Crippen LogP contribution >= 0.6 is 0 Å². The van der Waals surface area contributed by atoms with Gasteiger partial charge in [-0.3, -0.25) is 9.88 Å². The lowest BCUT2D eigenvalue weighted by Crippen LogP contribution is -2.34. The number of hydrogen-bond donors (Lipinski definition) is 0. The minimum absolute atomic E-state index is 0.337. The van der Waals surface area contributed by atoms with Crippen LogP contribution in [0.15, 0.2) is 48.5 Å². The maximum Gasteiger partial charge on any atom is 0.127 e. The second-order valence-corrected chi connectivity index (χ2v) is 9.91. The van der Waals surface area contributed by atoms with E-state index in [1.165, 1.54) is 64.8 Å². The molecule has 1 heterocycles. The lowest BCUT2D eigenvalue weighted by atomic mass is 9.83. The van der Waals surface area contributed by atoms with Crippen LogP contribution in [-0.4, -0.2) is 24.0 Å². The maximum atomic E-state index is 6.09. The van der Waals surface area contributed by atoms with Crippen LogP contribution in [0.2, 0.25) is 0 Å².